The van der Waals surface area contributed by atoms with Crippen LogP contribution in [0, 0.1) is 0 Å². The molecule has 0 amide bonds. The van der Waals surface area contributed by atoms with Crippen LogP contribution < -0.4 is 0 Å². The lowest BCUT2D eigenvalue weighted by Gasteiger charge is -2.30. The lowest BCUT2D eigenvalue weighted by Crippen LogP contribution is -2.37. The molecule has 2 atom stereocenters. The second-order valence-electron chi connectivity index (χ2n) is 7.28. The van der Waals surface area contributed by atoms with Gasteiger partial charge in [0.2, 0.25) is 0 Å². The molecule has 0 bridgehead atoms. The fourth-order valence-corrected chi connectivity index (χ4v) is 4.25. The van der Waals surface area contributed by atoms with Gasteiger partial charge in [-0.1, -0.05) is 24.3 Å². The summed E-state index contributed by atoms with van der Waals surface area (Å²) in [6.45, 7) is 1.14. The zero-order valence-electron chi connectivity index (χ0n) is 15.1. The van der Waals surface area contributed by atoms with Crippen LogP contribution in [0.2, 0.25) is 0 Å². The van der Waals surface area contributed by atoms with Crippen LogP contribution in [-0.4, -0.2) is 49.1 Å². The number of aliphatic hydroxyl groups excluding tert-OH is 1. The van der Waals surface area contributed by atoms with Gasteiger partial charge in [-0.2, -0.15) is 0 Å². The number of benzene rings is 2. The molecule has 6 nitrogen and oxygen atoms in total. The van der Waals surface area contributed by atoms with Gasteiger partial charge in [-0.3, -0.25) is 4.90 Å². The Morgan fingerprint density at radius 3 is 2.41 bits per heavy atom. The highest BCUT2D eigenvalue weighted by Gasteiger charge is 2.33. The molecular weight excluding hydrogens is 338 g/mol. The van der Waals surface area contributed by atoms with E-state index in [1.807, 2.05) is 36.4 Å². The van der Waals surface area contributed by atoms with Crippen molar-refractivity contribution in [2.24, 2.45) is 0 Å². The Morgan fingerprint density at radius 2 is 1.70 bits per heavy atom. The maximum Gasteiger partial charge on any atom is 0.125 e. The first-order chi connectivity index (χ1) is 13.3. The standard InChI is InChI=1S/C21H23N5O/c27-13-14-6-5-11-26(14)19(21-24-17-9-3-4-10-18(17)25-21)12-20-22-15-7-1-2-8-16(15)23-20/h1-4,7-10,14,19,27H,5-6,11-13H2,(H,22,23)(H,24,25)/t14-,19?/m1/s1. The molecular formula is C21H23N5O. The summed E-state index contributed by atoms with van der Waals surface area (Å²) in [4.78, 5) is 18.9. The van der Waals surface area contributed by atoms with E-state index in [-0.39, 0.29) is 18.7 Å². The van der Waals surface area contributed by atoms with Crippen molar-refractivity contribution in [1.82, 2.24) is 24.8 Å². The van der Waals surface area contributed by atoms with Gasteiger partial charge in [-0.25, -0.2) is 9.97 Å². The van der Waals surface area contributed by atoms with Crippen LogP contribution in [0.5, 0.6) is 0 Å². The number of imidazole rings is 2. The van der Waals surface area contributed by atoms with E-state index in [1.165, 1.54) is 0 Å². The van der Waals surface area contributed by atoms with Crippen LogP contribution in [0.3, 0.4) is 0 Å². The number of hydrogen-bond acceptors (Lipinski definition) is 4. The van der Waals surface area contributed by atoms with Crippen molar-refractivity contribution < 1.29 is 5.11 Å². The highest BCUT2D eigenvalue weighted by atomic mass is 16.3. The summed E-state index contributed by atoms with van der Waals surface area (Å²) in [6, 6.07) is 16.4. The number of likely N-dealkylation sites (tertiary alicyclic amines) is 1. The molecule has 2 aromatic carbocycles. The summed E-state index contributed by atoms with van der Waals surface area (Å²) in [5, 5.41) is 9.86. The Labute approximate surface area is 157 Å². The van der Waals surface area contributed by atoms with Crippen molar-refractivity contribution in [3.05, 3.63) is 60.2 Å². The van der Waals surface area contributed by atoms with E-state index in [2.05, 4.69) is 27.0 Å². The molecule has 1 saturated heterocycles. The fraction of sp³-hybridized carbons (Fsp3) is 0.333. The van der Waals surface area contributed by atoms with Gasteiger partial charge in [-0.15, -0.1) is 0 Å². The van der Waals surface area contributed by atoms with Gasteiger partial charge in [0.1, 0.15) is 11.6 Å². The minimum absolute atomic E-state index is 0.0533. The molecule has 1 unspecified atom stereocenters. The quantitative estimate of drug-likeness (QED) is 0.510. The summed E-state index contributed by atoms with van der Waals surface area (Å²) in [5.74, 6) is 1.89. The molecule has 0 saturated carbocycles. The second-order valence-corrected chi connectivity index (χ2v) is 7.28. The third kappa shape index (κ3) is 3.01. The minimum atomic E-state index is 0.0533. The molecule has 6 heteroatoms. The maximum atomic E-state index is 9.86. The van der Waals surface area contributed by atoms with Crippen molar-refractivity contribution in [2.75, 3.05) is 13.2 Å². The van der Waals surface area contributed by atoms with E-state index in [9.17, 15) is 5.11 Å². The highest BCUT2D eigenvalue weighted by molar-refractivity contribution is 5.75. The molecule has 1 aliphatic heterocycles. The number of nitrogens with one attached hydrogen (secondary N) is 2. The van der Waals surface area contributed by atoms with Crippen LogP contribution in [-0.2, 0) is 6.42 Å². The molecule has 0 aliphatic carbocycles. The largest absolute Gasteiger partial charge is 0.395 e. The van der Waals surface area contributed by atoms with E-state index in [0.717, 1.165) is 59.5 Å². The Balaban J connectivity index is 1.54. The zero-order chi connectivity index (χ0) is 18.2. The number of rotatable bonds is 5. The second kappa shape index (κ2) is 6.79. The molecule has 1 fully saturated rings. The van der Waals surface area contributed by atoms with Crippen molar-refractivity contribution in [3.63, 3.8) is 0 Å². The minimum Gasteiger partial charge on any atom is -0.395 e. The van der Waals surface area contributed by atoms with E-state index in [1.54, 1.807) is 0 Å². The first-order valence-corrected chi connectivity index (χ1v) is 9.56. The zero-order valence-corrected chi connectivity index (χ0v) is 15.1. The first kappa shape index (κ1) is 16.5. The molecule has 3 N–H and O–H groups in total. The molecule has 1 aliphatic rings. The topological polar surface area (TPSA) is 80.8 Å². The lowest BCUT2D eigenvalue weighted by atomic mass is 10.1. The summed E-state index contributed by atoms with van der Waals surface area (Å²) in [5.41, 5.74) is 4.05. The molecule has 0 spiro atoms. The number of aliphatic hydroxyl groups is 1. The van der Waals surface area contributed by atoms with Gasteiger partial charge in [0.05, 0.1) is 34.7 Å². The SMILES string of the molecule is OC[C@H]1CCCN1C(Cc1nc2ccccc2[nH]1)c1nc2ccccc2[nH]1. The predicted octanol–water partition coefficient (Wildman–Crippen LogP) is 3.18. The number of aromatic amines is 2. The van der Waals surface area contributed by atoms with Crippen LogP contribution in [0.4, 0.5) is 0 Å². The molecule has 27 heavy (non-hydrogen) atoms. The Morgan fingerprint density at radius 1 is 1.00 bits per heavy atom. The summed E-state index contributed by atoms with van der Waals surface area (Å²) >= 11 is 0. The molecule has 4 aromatic rings. The monoisotopic (exact) mass is 361 g/mol. The number of hydrogen-bond donors (Lipinski definition) is 3. The molecule has 0 radical (unpaired) electrons. The number of nitrogens with zero attached hydrogens (tertiary/aromatic N) is 3. The van der Waals surface area contributed by atoms with Gasteiger partial charge >= 0.3 is 0 Å². The van der Waals surface area contributed by atoms with Crippen molar-refractivity contribution >= 4 is 22.1 Å². The van der Waals surface area contributed by atoms with E-state index < -0.39 is 0 Å². The Bertz CT molecular complexity index is 1000. The number of aromatic nitrogens is 4. The van der Waals surface area contributed by atoms with Crippen molar-refractivity contribution in [2.45, 2.75) is 31.3 Å². The van der Waals surface area contributed by atoms with Gasteiger partial charge in [0.15, 0.2) is 0 Å². The Kier molecular flexibility index (Phi) is 4.14. The van der Waals surface area contributed by atoms with E-state index in [4.69, 9.17) is 9.97 Å². The molecule has 3 heterocycles. The number of H-pyrrole nitrogens is 2. The smallest absolute Gasteiger partial charge is 0.125 e. The van der Waals surface area contributed by atoms with E-state index >= 15 is 0 Å². The average molecular weight is 361 g/mol. The molecule has 5 rings (SSSR count). The third-order valence-electron chi connectivity index (χ3n) is 5.58. The number of para-hydroxylation sites is 4. The fourth-order valence-electron chi connectivity index (χ4n) is 4.25. The maximum absolute atomic E-state index is 9.86. The van der Waals surface area contributed by atoms with Gasteiger partial charge in [-0.05, 0) is 43.7 Å². The Hall–Kier alpha value is -2.70. The van der Waals surface area contributed by atoms with Crippen LogP contribution in [0.1, 0.15) is 30.5 Å². The normalized spacial score (nSPS) is 19.2. The van der Waals surface area contributed by atoms with E-state index in [0.29, 0.717) is 0 Å². The molecule has 138 valence electrons. The van der Waals surface area contributed by atoms with Crippen molar-refractivity contribution in [1.29, 1.82) is 0 Å². The van der Waals surface area contributed by atoms with Crippen LogP contribution in [0.25, 0.3) is 22.1 Å². The average Bonchev–Trinajstić information content (AvgIpc) is 3.42. The summed E-state index contributed by atoms with van der Waals surface area (Å²) < 4.78 is 0. The lowest BCUT2D eigenvalue weighted by molar-refractivity contribution is 0.114. The van der Waals surface area contributed by atoms with Gasteiger partial charge in [0.25, 0.3) is 0 Å². The summed E-state index contributed by atoms with van der Waals surface area (Å²) in [7, 11) is 0. The number of fused-ring (bicyclic) bond motifs is 2. The van der Waals surface area contributed by atoms with Crippen LogP contribution >= 0.6 is 0 Å². The van der Waals surface area contributed by atoms with Gasteiger partial charge < -0.3 is 15.1 Å². The first-order valence-electron chi connectivity index (χ1n) is 9.56. The highest BCUT2D eigenvalue weighted by Crippen LogP contribution is 2.31. The summed E-state index contributed by atoms with van der Waals surface area (Å²) in [6.07, 6.45) is 2.85. The van der Waals surface area contributed by atoms with Crippen molar-refractivity contribution in [3.8, 4) is 0 Å². The predicted molar refractivity (Wildman–Crippen MR) is 105 cm³/mol. The van der Waals surface area contributed by atoms with Gasteiger partial charge in [0, 0.05) is 12.5 Å². The third-order valence-corrected chi connectivity index (χ3v) is 5.58. The molecule has 2 aromatic heterocycles. The van der Waals surface area contributed by atoms with Crippen LogP contribution in [0.15, 0.2) is 48.5 Å².